The Morgan fingerprint density at radius 3 is 2.44 bits per heavy atom. The summed E-state index contributed by atoms with van der Waals surface area (Å²) in [7, 11) is 0. The first-order chi connectivity index (χ1) is 8.38. The molecule has 1 aliphatic rings. The largest absolute Gasteiger partial charge is 0.416 e. The Balaban J connectivity index is 2.12. The van der Waals surface area contributed by atoms with Crippen molar-refractivity contribution in [3.05, 3.63) is 28.8 Å². The van der Waals surface area contributed by atoms with Crippen molar-refractivity contribution in [1.29, 1.82) is 0 Å². The number of benzene rings is 1. The molecular formula is C12H11ClF3NO. The molecule has 18 heavy (non-hydrogen) atoms. The van der Waals surface area contributed by atoms with E-state index in [9.17, 15) is 18.0 Å². The van der Waals surface area contributed by atoms with E-state index in [1.807, 2.05) is 0 Å². The molecule has 0 bridgehead atoms. The van der Waals surface area contributed by atoms with E-state index in [2.05, 4.69) is 5.32 Å². The zero-order valence-electron chi connectivity index (χ0n) is 9.35. The topological polar surface area (TPSA) is 29.1 Å². The molecule has 6 heteroatoms. The van der Waals surface area contributed by atoms with Gasteiger partial charge < -0.3 is 5.32 Å². The van der Waals surface area contributed by atoms with E-state index in [-0.39, 0.29) is 22.5 Å². The second-order valence-corrected chi connectivity index (χ2v) is 4.72. The Kier molecular flexibility index (Phi) is 3.52. The third-order valence-electron chi connectivity index (χ3n) is 3.03. The average molecular weight is 278 g/mol. The molecule has 1 amide bonds. The summed E-state index contributed by atoms with van der Waals surface area (Å²) in [5, 5.41) is 2.45. The number of rotatable bonds is 2. The third-order valence-corrected chi connectivity index (χ3v) is 3.34. The van der Waals surface area contributed by atoms with E-state index < -0.39 is 11.7 Å². The lowest BCUT2D eigenvalue weighted by Crippen LogP contribution is -2.28. The predicted octanol–water partition coefficient (Wildman–Crippen LogP) is 4.10. The van der Waals surface area contributed by atoms with Gasteiger partial charge in [-0.05, 0) is 31.0 Å². The molecule has 0 atom stereocenters. The van der Waals surface area contributed by atoms with Gasteiger partial charge in [-0.2, -0.15) is 13.2 Å². The molecule has 2 nitrogen and oxygen atoms in total. The lowest BCUT2D eigenvalue weighted by molar-refractivity contribution is -0.137. The summed E-state index contributed by atoms with van der Waals surface area (Å²) in [5.74, 6) is -0.216. The molecule has 2 rings (SSSR count). The van der Waals surface area contributed by atoms with Gasteiger partial charge in [-0.25, -0.2) is 0 Å². The van der Waals surface area contributed by atoms with E-state index >= 15 is 0 Å². The molecule has 0 aliphatic heterocycles. The van der Waals surface area contributed by atoms with Gasteiger partial charge in [-0.1, -0.05) is 18.0 Å². The molecule has 0 spiro atoms. The van der Waals surface area contributed by atoms with Crippen LogP contribution in [0.3, 0.4) is 0 Å². The van der Waals surface area contributed by atoms with Crippen LogP contribution in [0.5, 0.6) is 0 Å². The van der Waals surface area contributed by atoms with Crippen molar-refractivity contribution in [3.8, 4) is 0 Å². The van der Waals surface area contributed by atoms with Crippen molar-refractivity contribution in [2.45, 2.75) is 25.4 Å². The van der Waals surface area contributed by atoms with Crippen molar-refractivity contribution < 1.29 is 18.0 Å². The lowest BCUT2D eigenvalue weighted by atomic mass is 9.85. The van der Waals surface area contributed by atoms with Crippen molar-refractivity contribution in [1.82, 2.24) is 0 Å². The molecule has 0 aromatic heterocycles. The minimum absolute atomic E-state index is 0.0386. The van der Waals surface area contributed by atoms with Gasteiger partial charge in [0, 0.05) is 5.92 Å². The monoisotopic (exact) mass is 277 g/mol. The standard InChI is InChI=1S/C12H11ClF3NO/c13-9-6-8(12(14,15)16)4-5-10(9)17-11(18)7-2-1-3-7/h4-7H,1-3H2,(H,17,18). The van der Waals surface area contributed by atoms with Crippen LogP contribution in [0.25, 0.3) is 0 Å². The van der Waals surface area contributed by atoms with E-state index in [0.717, 1.165) is 31.4 Å². The molecule has 1 saturated carbocycles. The molecule has 1 aliphatic carbocycles. The van der Waals surface area contributed by atoms with Gasteiger partial charge in [-0.15, -0.1) is 0 Å². The summed E-state index contributed by atoms with van der Waals surface area (Å²) in [6, 6.07) is 2.90. The van der Waals surface area contributed by atoms with Crippen LogP contribution in [0.15, 0.2) is 18.2 Å². The Morgan fingerprint density at radius 2 is 2.00 bits per heavy atom. The number of carbonyl (C=O) groups excluding carboxylic acids is 1. The molecule has 98 valence electrons. The maximum Gasteiger partial charge on any atom is 0.416 e. The first-order valence-corrected chi connectivity index (χ1v) is 5.93. The fraction of sp³-hybridized carbons (Fsp3) is 0.417. The highest BCUT2D eigenvalue weighted by Gasteiger charge is 2.31. The van der Waals surface area contributed by atoms with Gasteiger partial charge in [0.05, 0.1) is 16.3 Å². The number of halogens is 4. The molecule has 1 N–H and O–H groups in total. The number of anilines is 1. The normalized spacial score (nSPS) is 16.2. The van der Waals surface area contributed by atoms with Crippen molar-refractivity contribution in [2.75, 3.05) is 5.32 Å². The smallest absolute Gasteiger partial charge is 0.325 e. The van der Waals surface area contributed by atoms with Crippen LogP contribution in [0, 0.1) is 5.92 Å². The molecule has 1 aromatic rings. The fourth-order valence-corrected chi connectivity index (χ4v) is 1.93. The van der Waals surface area contributed by atoms with Crippen LogP contribution >= 0.6 is 11.6 Å². The molecule has 0 heterocycles. The van der Waals surface area contributed by atoms with Crippen LogP contribution < -0.4 is 5.32 Å². The number of alkyl halides is 3. The van der Waals surface area contributed by atoms with Crippen molar-refractivity contribution >= 4 is 23.2 Å². The van der Waals surface area contributed by atoms with Crippen LogP contribution in [-0.2, 0) is 11.0 Å². The molecular weight excluding hydrogens is 267 g/mol. The summed E-state index contributed by atoms with van der Waals surface area (Å²) in [6.07, 6.45) is -1.77. The minimum Gasteiger partial charge on any atom is -0.325 e. The Hall–Kier alpha value is -1.23. The Morgan fingerprint density at radius 1 is 1.33 bits per heavy atom. The molecule has 1 aromatic carbocycles. The molecule has 1 fully saturated rings. The summed E-state index contributed by atoms with van der Waals surface area (Å²) >= 11 is 5.73. The first-order valence-electron chi connectivity index (χ1n) is 5.55. The summed E-state index contributed by atoms with van der Waals surface area (Å²) < 4.78 is 37.2. The Labute approximate surface area is 107 Å². The highest BCUT2D eigenvalue weighted by atomic mass is 35.5. The number of hydrogen-bond donors (Lipinski definition) is 1. The summed E-state index contributed by atoms with van der Waals surface area (Å²) in [6.45, 7) is 0. The fourth-order valence-electron chi connectivity index (χ4n) is 1.70. The van der Waals surface area contributed by atoms with Crippen LogP contribution in [0.1, 0.15) is 24.8 Å². The maximum absolute atomic E-state index is 12.4. The van der Waals surface area contributed by atoms with Gasteiger partial charge in [0.2, 0.25) is 5.91 Å². The van der Waals surface area contributed by atoms with Gasteiger partial charge in [-0.3, -0.25) is 4.79 Å². The minimum atomic E-state index is -4.43. The Bertz CT molecular complexity index is 469. The molecule has 0 unspecified atom stereocenters. The SMILES string of the molecule is O=C(Nc1ccc(C(F)(F)F)cc1Cl)C1CCC1. The lowest BCUT2D eigenvalue weighted by Gasteiger charge is -2.24. The molecule has 0 saturated heterocycles. The molecule has 0 radical (unpaired) electrons. The summed E-state index contributed by atoms with van der Waals surface area (Å²) in [5.41, 5.74) is -0.601. The third kappa shape index (κ3) is 2.77. The van der Waals surface area contributed by atoms with E-state index in [4.69, 9.17) is 11.6 Å². The number of nitrogens with one attached hydrogen (secondary N) is 1. The van der Waals surface area contributed by atoms with Crippen molar-refractivity contribution in [3.63, 3.8) is 0 Å². The second-order valence-electron chi connectivity index (χ2n) is 4.31. The van der Waals surface area contributed by atoms with Gasteiger partial charge >= 0.3 is 6.18 Å². The van der Waals surface area contributed by atoms with Crippen LogP contribution in [0.2, 0.25) is 5.02 Å². The van der Waals surface area contributed by atoms with Gasteiger partial charge in [0.25, 0.3) is 0 Å². The zero-order chi connectivity index (χ0) is 13.3. The van der Waals surface area contributed by atoms with Gasteiger partial charge in [0.1, 0.15) is 0 Å². The van der Waals surface area contributed by atoms with E-state index in [1.165, 1.54) is 6.07 Å². The number of amides is 1. The second kappa shape index (κ2) is 4.80. The average Bonchev–Trinajstić information content (AvgIpc) is 2.16. The van der Waals surface area contributed by atoms with Gasteiger partial charge in [0.15, 0.2) is 0 Å². The zero-order valence-corrected chi connectivity index (χ0v) is 10.1. The maximum atomic E-state index is 12.4. The number of carbonyl (C=O) groups is 1. The van der Waals surface area contributed by atoms with E-state index in [0.29, 0.717) is 0 Å². The quantitative estimate of drug-likeness (QED) is 0.866. The first kappa shape index (κ1) is 13.2. The number of hydrogen-bond acceptors (Lipinski definition) is 1. The van der Waals surface area contributed by atoms with Crippen LogP contribution in [0.4, 0.5) is 18.9 Å². The van der Waals surface area contributed by atoms with E-state index in [1.54, 1.807) is 0 Å². The van der Waals surface area contributed by atoms with Crippen molar-refractivity contribution in [2.24, 2.45) is 5.92 Å². The predicted molar refractivity (Wildman–Crippen MR) is 62.4 cm³/mol. The summed E-state index contributed by atoms with van der Waals surface area (Å²) in [4.78, 5) is 11.6. The highest BCUT2D eigenvalue weighted by molar-refractivity contribution is 6.33. The van der Waals surface area contributed by atoms with Crippen LogP contribution in [-0.4, -0.2) is 5.91 Å². The highest BCUT2D eigenvalue weighted by Crippen LogP contribution is 2.34.